The highest BCUT2D eigenvalue weighted by molar-refractivity contribution is 7.90. The van der Waals surface area contributed by atoms with Crippen molar-refractivity contribution in [1.29, 1.82) is 0 Å². The van der Waals surface area contributed by atoms with Gasteiger partial charge in [0.25, 0.3) is 0 Å². The molecule has 2 aromatic carbocycles. The van der Waals surface area contributed by atoms with Gasteiger partial charge in [-0.25, -0.2) is 12.8 Å². The van der Waals surface area contributed by atoms with Gasteiger partial charge in [0, 0.05) is 30.2 Å². The third-order valence-corrected chi connectivity index (χ3v) is 5.54. The number of hydrogen-bond donors (Lipinski definition) is 1. The first-order valence-electron chi connectivity index (χ1n) is 7.61. The molecule has 0 bridgehead atoms. The van der Waals surface area contributed by atoms with E-state index in [1.165, 1.54) is 12.3 Å². The molecule has 0 spiro atoms. The van der Waals surface area contributed by atoms with Gasteiger partial charge in [0.1, 0.15) is 5.82 Å². The van der Waals surface area contributed by atoms with Crippen molar-refractivity contribution >= 4 is 32.8 Å². The Balaban J connectivity index is 2.03. The molecule has 0 aromatic heterocycles. The standard InChI is InChI=1S/C17H18ClFN2O2S/c1-24(22,23)15-5-2-12(3-6-15)21(14-8-9-20-11-14)13-4-7-17(19)16(18)10-13/h2-7,10,14,20H,8-9,11H2,1H3. The molecule has 1 N–H and O–H groups in total. The third-order valence-electron chi connectivity index (χ3n) is 4.12. The van der Waals surface area contributed by atoms with Gasteiger partial charge in [-0.15, -0.1) is 0 Å². The summed E-state index contributed by atoms with van der Waals surface area (Å²) in [7, 11) is -3.24. The molecule has 1 saturated heterocycles. The summed E-state index contributed by atoms with van der Waals surface area (Å²) in [5.74, 6) is -0.461. The van der Waals surface area contributed by atoms with Crippen LogP contribution in [0.1, 0.15) is 6.42 Å². The van der Waals surface area contributed by atoms with E-state index in [0.717, 1.165) is 30.9 Å². The monoisotopic (exact) mass is 368 g/mol. The second kappa shape index (κ2) is 6.70. The van der Waals surface area contributed by atoms with Crippen LogP contribution in [0.25, 0.3) is 0 Å². The molecule has 4 nitrogen and oxygen atoms in total. The lowest BCUT2D eigenvalue weighted by atomic mass is 10.1. The van der Waals surface area contributed by atoms with Crippen molar-refractivity contribution in [1.82, 2.24) is 5.32 Å². The molecule has 1 fully saturated rings. The molecule has 3 rings (SSSR count). The van der Waals surface area contributed by atoms with E-state index in [1.807, 2.05) is 0 Å². The minimum Gasteiger partial charge on any atom is -0.337 e. The Morgan fingerprint density at radius 3 is 2.38 bits per heavy atom. The fraction of sp³-hybridized carbons (Fsp3) is 0.294. The topological polar surface area (TPSA) is 49.4 Å². The van der Waals surface area contributed by atoms with Crippen LogP contribution >= 0.6 is 11.6 Å². The first-order chi connectivity index (χ1) is 11.4. The number of anilines is 2. The minimum atomic E-state index is -3.24. The highest BCUT2D eigenvalue weighted by Gasteiger charge is 2.25. The molecular formula is C17H18ClFN2O2S. The second-order valence-corrected chi connectivity index (χ2v) is 8.30. The Morgan fingerprint density at radius 1 is 1.17 bits per heavy atom. The number of rotatable bonds is 4. The van der Waals surface area contributed by atoms with Gasteiger partial charge in [-0.05, 0) is 55.4 Å². The largest absolute Gasteiger partial charge is 0.337 e. The Labute approximate surface area is 146 Å². The van der Waals surface area contributed by atoms with Crippen LogP contribution in [0.4, 0.5) is 15.8 Å². The molecule has 0 radical (unpaired) electrons. The van der Waals surface area contributed by atoms with Crippen molar-refractivity contribution in [3.8, 4) is 0 Å². The zero-order valence-electron chi connectivity index (χ0n) is 13.2. The fourth-order valence-corrected chi connectivity index (χ4v) is 3.72. The molecule has 1 atom stereocenters. The summed E-state index contributed by atoms with van der Waals surface area (Å²) in [5, 5.41) is 3.38. The Bertz CT molecular complexity index is 834. The molecule has 1 heterocycles. The zero-order valence-corrected chi connectivity index (χ0v) is 14.7. The van der Waals surface area contributed by atoms with Crippen LogP contribution < -0.4 is 10.2 Å². The molecule has 0 amide bonds. The minimum absolute atomic E-state index is 0.0659. The Morgan fingerprint density at radius 2 is 1.83 bits per heavy atom. The van der Waals surface area contributed by atoms with Crippen molar-refractivity contribution in [3.05, 3.63) is 53.3 Å². The first kappa shape index (κ1) is 17.2. The second-order valence-electron chi connectivity index (χ2n) is 5.88. The average molecular weight is 369 g/mol. The van der Waals surface area contributed by atoms with Gasteiger partial charge < -0.3 is 10.2 Å². The predicted molar refractivity (Wildman–Crippen MR) is 94.4 cm³/mol. The quantitative estimate of drug-likeness (QED) is 0.898. The third kappa shape index (κ3) is 3.55. The molecule has 1 unspecified atom stereocenters. The van der Waals surface area contributed by atoms with E-state index in [2.05, 4.69) is 10.2 Å². The van der Waals surface area contributed by atoms with Crippen LogP contribution in [0.5, 0.6) is 0 Å². The van der Waals surface area contributed by atoms with Gasteiger partial charge in [-0.3, -0.25) is 0 Å². The van der Waals surface area contributed by atoms with E-state index in [9.17, 15) is 12.8 Å². The summed E-state index contributed by atoms with van der Waals surface area (Å²) in [5.41, 5.74) is 1.63. The van der Waals surface area contributed by atoms with Crippen molar-refractivity contribution in [2.45, 2.75) is 17.4 Å². The molecule has 128 valence electrons. The number of hydrogen-bond acceptors (Lipinski definition) is 4. The summed E-state index contributed by atoms with van der Waals surface area (Å²) in [6.07, 6.45) is 2.11. The van der Waals surface area contributed by atoms with Crippen molar-refractivity contribution < 1.29 is 12.8 Å². The first-order valence-corrected chi connectivity index (χ1v) is 9.88. The SMILES string of the molecule is CS(=O)(=O)c1ccc(N(c2ccc(F)c(Cl)c2)C2CCNC2)cc1. The lowest BCUT2D eigenvalue weighted by molar-refractivity contribution is 0.602. The lowest BCUT2D eigenvalue weighted by Gasteiger charge is -2.31. The number of sulfone groups is 1. The van der Waals surface area contributed by atoms with E-state index >= 15 is 0 Å². The molecule has 0 saturated carbocycles. The zero-order chi connectivity index (χ0) is 17.3. The maximum Gasteiger partial charge on any atom is 0.175 e. The molecule has 0 aliphatic carbocycles. The summed E-state index contributed by atoms with van der Waals surface area (Å²) < 4.78 is 36.8. The number of nitrogens with zero attached hydrogens (tertiary/aromatic N) is 1. The van der Waals surface area contributed by atoms with Crippen LogP contribution in [-0.2, 0) is 9.84 Å². The van der Waals surface area contributed by atoms with E-state index in [4.69, 9.17) is 11.6 Å². The van der Waals surface area contributed by atoms with Gasteiger partial charge in [-0.1, -0.05) is 11.6 Å². The normalized spacial score (nSPS) is 17.9. The van der Waals surface area contributed by atoms with Crippen LogP contribution in [0.3, 0.4) is 0 Å². The maximum absolute atomic E-state index is 13.5. The Hall–Kier alpha value is -1.63. The average Bonchev–Trinajstić information content (AvgIpc) is 3.05. The van der Waals surface area contributed by atoms with Gasteiger partial charge in [0.15, 0.2) is 9.84 Å². The summed E-state index contributed by atoms with van der Waals surface area (Å²) in [4.78, 5) is 2.34. The predicted octanol–water partition coefficient (Wildman–Crippen LogP) is 3.38. The maximum atomic E-state index is 13.5. The van der Waals surface area contributed by atoms with Crippen molar-refractivity contribution in [2.24, 2.45) is 0 Å². The van der Waals surface area contributed by atoms with Gasteiger partial charge in [0.2, 0.25) is 0 Å². The smallest absolute Gasteiger partial charge is 0.175 e. The lowest BCUT2D eigenvalue weighted by Crippen LogP contribution is -2.33. The Kier molecular flexibility index (Phi) is 4.80. The van der Waals surface area contributed by atoms with Gasteiger partial charge in [-0.2, -0.15) is 0 Å². The van der Waals surface area contributed by atoms with Crippen molar-refractivity contribution in [2.75, 3.05) is 24.2 Å². The molecule has 7 heteroatoms. The molecule has 2 aromatic rings. The number of benzene rings is 2. The molecule has 1 aliphatic heterocycles. The van der Waals surface area contributed by atoms with Crippen LogP contribution in [0.2, 0.25) is 5.02 Å². The highest BCUT2D eigenvalue weighted by atomic mass is 35.5. The van der Waals surface area contributed by atoms with Crippen LogP contribution in [0.15, 0.2) is 47.4 Å². The van der Waals surface area contributed by atoms with Gasteiger partial charge >= 0.3 is 0 Å². The molecule has 24 heavy (non-hydrogen) atoms. The van der Waals surface area contributed by atoms with E-state index in [1.54, 1.807) is 36.4 Å². The summed E-state index contributed by atoms with van der Waals surface area (Å²) in [6, 6.07) is 11.5. The number of nitrogens with one attached hydrogen (secondary N) is 1. The van der Waals surface area contributed by atoms with E-state index in [0.29, 0.717) is 0 Å². The molecular weight excluding hydrogens is 351 g/mol. The van der Waals surface area contributed by atoms with Crippen LogP contribution in [0, 0.1) is 5.82 Å². The summed E-state index contributed by atoms with van der Waals surface area (Å²) >= 11 is 5.94. The summed E-state index contributed by atoms with van der Waals surface area (Å²) in [6.45, 7) is 1.69. The number of halogens is 2. The van der Waals surface area contributed by atoms with E-state index < -0.39 is 15.7 Å². The molecule has 1 aliphatic rings. The van der Waals surface area contributed by atoms with E-state index in [-0.39, 0.29) is 16.0 Å². The van der Waals surface area contributed by atoms with Crippen molar-refractivity contribution in [3.63, 3.8) is 0 Å². The highest BCUT2D eigenvalue weighted by Crippen LogP contribution is 2.33. The fourth-order valence-electron chi connectivity index (χ4n) is 2.92. The van der Waals surface area contributed by atoms with Gasteiger partial charge in [0.05, 0.1) is 9.92 Å². The van der Waals surface area contributed by atoms with Crippen LogP contribution in [-0.4, -0.2) is 33.8 Å².